The highest BCUT2D eigenvalue weighted by molar-refractivity contribution is 8.02. The van der Waals surface area contributed by atoms with Gasteiger partial charge in [-0.15, -0.1) is 23.5 Å². The van der Waals surface area contributed by atoms with Crippen molar-refractivity contribution in [2.75, 3.05) is 19.5 Å². The van der Waals surface area contributed by atoms with Crippen LogP contribution in [-0.2, 0) is 15.2 Å². The van der Waals surface area contributed by atoms with E-state index in [2.05, 4.69) is 71.3 Å². The number of thioether (sulfide) groups is 2. The van der Waals surface area contributed by atoms with Crippen molar-refractivity contribution in [2.24, 2.45) is 10.9 Å². The third-order valence-electron chi connectivity index (χ3n) is 8.32. The second kappa shape index (κ2) is 16.7. The number of benzene rings is 3. The van der Waals surface area contributed by atoms with E-state index >= 15 is 0 Å². The van der Waals surface area contributed by atoms with Crippen molar-refractivity contribution in [3.8, 4) is 0 Å². The van der Waals surface area contributed by atoms with Crippen molar-refractivity contribution in [3.63, 3.8) is 0 Å². The maximum Gasteiger partial charge on any atom is 0.169 e. The number of hydrogen-bond acceptors (Lipinski definition) is 6. The lowest BCUT2D eigenvalue weighted by Crippen LogP contribution is -2.26. The monoisotopic (exact) mass is 660 g/mol. The summed E-state index contributed by atoms with van der Waals surface area (Å²) in [6, 6.07) is 33.1. The van der Waals surface area contributed by atoms with Crippen molar-refractivity contribution >= 4 is 41.8 Å². The zero-order valence-electron chi connectivity index (χ0n) is 25.6. The third-order valence-corrected chi connectivity index (χ3v) is 10.6. The van der Waals surface area contributed by atoms with Crippen LogP contribution in [0.15, 0.2) is 118 Å². The van der Waals surface area contributed by atoms with Gasteiger partial charge in [-0.05, 0) is 67.1 Å². The van der Waals surface area contributed by atoms with Gasteiger partial charge in [0.05, 0.1) is 18.2 Å². The number of aromatic nitrogens is 1. The average Bonchev–Trinajstić information content (AvgIpc) is 3.84. The van der Waals surface area contributed by atoms with E-state index in [9.17, 15) is 5.11 Å². The Morgan fingerprint density at radius 2 is 1.82 bits per heavy atom. The van der Waals surface area contributed by atoms with E-state index in [1.54, 1.807) is 29.7 Å². The van der Waals surface area contributed by atoms with Crippen molar-refractivity contribution in [2.45, 2.75) is 54.1 Å². The Morgan fingerprint density at radius 3 is 2.49 bits per heavy atom. The van der Waals surface area contributed by atoms with Gasteiger partial charge >= 0.3 is 0 Å². The van der Waals surface area contributed by atoms with Gasteiger partial charge in [0.25, 0.3) is 0 Å². The number of ether oxygens (including phenoxy) is 2. The molecule has 1 spiro atoms. The van der Waals surface area contributed by atoms with Gasteiger partial charge < -0.3 is 19.6 Å². The zero-order chi connectivity index (χ0) is 31.5. The van der Waals surface area contributed by atoms with Gasteiger partial charge in [0, 0.05) is 51.9 Å². The van der Waals surface area contributed by atoms with E-state index in [0.717, 1.165) is 52.0 Å². The molecule has 0 bridgehead atoms. The number of hydrogen-bond donors (Lipinski definition) is 2. The molecule has 3 aromatic carbocycles. The van der Waals surface area contributed by atoms with Crippen molar-refractivity contribution in [1.29, 1.82) is 0 Å². The molecule has 1 saturated heterocycles. The predicted octanol–water partition coefficient (Wildman–Crippen LogP) is 9.65. The number of aliphatic imine (C=N–C) groups is 1. The highest BCUT2D eigenvalue weighted by Crippen LogP contribution is 2.49. The number of rotatable bonds is 11. The fourth-order valence-electron chi connectivity index (χ4n) is 6.10. The highest BCUT2D eigenvalue weighted by Gasteiger charge is 2.48. The Morgan fingerprint density at radius 1 is 1.09 bits per heavy atom. The number of aromatic amines is 1. The molecule has 0 radical (unpaired) electrons. The molecule has 3 unspecified atom stereocenters. The molecule has 2 fully saturated rings. The van der Waals surface area contributed by atoms with Crippen LogP contribution < -0.4 is 0 Å². The van der Waals surface area contributed by atoms with E-state index in [1.807, 2.05) is 48.7 Å². The lowest BCUT2D eigenvalue weighted by molar-refractivity contribution is -0.165. The van der Waals surface area contributed by atoms with Crippen molar-refractivity contribution in [1.82, 2.24) is 4.98 Å². The summed E-state index contributed by atoms with van der Waals surface area (Å²) in [5.74, 6) is 0.869. The Bertz CT molecular complexity index is 1500. The number of nitrogens with one attached hydrogen (secondary N) is 1. The summed E-state index contributed by atoms with van der Waals surface area (Å²) in [6.07, 6.45) is 7.51. The van der Waals surface area contributed by atoms with Gasteiger partial charge in [-0.2, -0.15) is 0 Å². The quantitative estimate of drug-likeness (QED) is 0.124. The van der Waals surface area contributed by atoms with E-state index in [-0.39, 0.29) is 18.6 Å². The number of H-pyrrole nitrogens is 1. The Labute approximate surface area is 280 Å². The van der Waals surface area contributed by atoms with E-state index in [4.69, 9.17) is 21.1 Å². The molecule has 4 aromatic rings. The molecule has 1 aliphatic heterocycles. The standard InChI is InChI=1S/C31H35ClN2O3S2.C6H6/c1-33-17-25(18-35)39-20-24-9-10-28(34-24)26(23-8-11-30(38-2)27(32)15-23)14-21-12-13-31(16-21)36-19-29(37-31)22-6-4-3-5-7-22;1-2-4-6-5-3-1/h3-11,15,17,21,26,29,34-35H,1,12-14,16,18-20H2,2H3;1-6H/b25-17-;/t21-,26?,29?,31?;/m1./s1. The number of halogens is 1. The van der Waals surface area contributed by atoms with Gasteiger partial charge in [-0.3, -0.25) is 4.99 Å². The first kappa shape index (κ1) is 33.6. The number of aliphatic hydroxyl groups is 1. The third kappa shape index (κ3) is 9.16. The molecule has 236 valence electrons. The maximum atomic E-state index is 9.55. The molecule has 1 saturated carbocycles. The van der Waals surface area contributed by atoms with Crippen LogP contribution in [0.5, 0.6) is 0 Å². The van der Waals surface area contributed by atoms with E-state index in [1.165, 1.54) is 16.8 Å². The Hall–Kier alpha value is -2.78. The van der Waals surface area contributed by atoms with Crippen molar-refractivity contribution < 1.29 is 14.6 Å². The minimum atomic E-state index is -0.486. The molecule has 8 heteroatoms. The molecule has 2 N–H and O–H groups in total. The molecule has 45 heavy (non-hydrogen) atoms. The summed E-state index contributed by atoms with van der Waals surface area (Å²) >= 11 is 9.89. The lowest BCUT2D eigenvalue weighted by Gasteiger charge is -2.25. The minimum Gasteiger partial charge on any atom is -0.391 e. The highest BCUT2D eigenvalue weighted by atomic mass is 35.5. The first-order valence-corrected chi connectivity index (χ1v) is 17.9. The Kier molecular flexibility index (Phi) is 12.4. The van der Waals surface area contributed by atoms with Gasteiger partial charge in [-0.25, -0.2) is 0 Å². The number of nitrogens with zero attached hydrogens (tertiary/aromatic N) is 1. The molecule has 6 rings (SSSR count). The molecule has 4 atom stereocenters. The topological polar surface area (TPSA) is 66.8 Å². The average molecular weight is 661 g/mol. The SMILES string of the molecule is C=N/C=C(/CO)SCc1ccc(C(C[C@H]2CCC3(C2)OCC(c2ccccc2)O3)c2ccc(SC)c(Cl)c2)[nH]1.c1ccccc1. The molecule has 1 aromatic heterocycles. The summed E-state index contributed by atoms with van der Waals surface area (Å²) < 4.78 is 12.9. The normalized spacial score (nSPS) is 21.8. The minimum absolute atomic E-state index is 0.00346. The lowest BCUT2D eigenvalue weighted by atomic mass is 9.85. The zero-order valence-corrected chi connectivity index (χ0v) is 28.0. The largest absolute Gasteiger partial charge is 0.391 e. The second-order valence-corrected chi connectivity index (χ2v) is 13.7. The summed E-state index contributed by atoms with van der Waals surface area (Å²) in [5, 5.41) is 10.3. The molecular weight excluding hydrogens is 620 g/mol. The summed E-state index contributed by atoms with van der Waals surface area (Å²) in [5.41, 5.74) is 4.67. The first-order chi connectivity index (χ1) is 22.0. The van der Waals surface area contributed by atoms with Crippen LogP contribution in [0.4, 0.5) is 0 Å². The summed E-state index contributed by atoms with van der Waals surface area (Å²) in [7, 11) is 0. The van der Waals surface area contributed by atoms with Crippen molar-refractivity contribution in [3.05, 3.63) is 136 Å². The molecule has 2 heterocycles. The molecule has 2 aliphatic rings. The van der Waals surface area contributed by atoms with Crippen LogP contribution in [-0.4, -0.2) is 42.1 Å². The smallest absolute Gasteiger partial charge is 0.169 e. The van der Waals surface area contributed by atoms with Gasteiger partial charge in [0.2, 0.25) is 0 Å². The van der Waals surface area contributed by atoms with E-state index < -0.39 is 5.79 Å². The summed E-state index contributed by atoms with van der Waals surface area (Å²) in [6.45, 7) is 4.05. The summed E-state index contributed by atoms with van der Waals surface area (Å²) in [4.78, 5) is 9.32. The van der Waals surface area contributed by atoms with Crippen LogP contribution in [0.1, 0.15) is 60.2 Å². The number of aliphatic hydroxyl groups excluding tert-OH is 1. The molecular formula is C37H41ClN2O3S2. The molecule has 1 aliphatic carbocycles. The van der Waals surface area contributed by atoms with E-state index in [0.29, 0.717) is 12.5 Å². The maximum absolute atomic E-state index is 9.55. The fraction of sp³-hybridized carbons (Fsp3) is 0.324. The van der Waals surface area contributed by atoms with Crippen LogP contribution in [0.2, 0.25) is 5.02 Å². The Balaban J connectivity index is 0.000000598. The molecule has 5 nitrogen and oxygen atoms in total. The van der Waals surface area contributed by atoms with Gasteiger partial charge in [0.1, 0.15) is 6.10 Å². The van der Waals surface area contributed by atoms with Gasteiger partial charge in [-0.1, -0.05) is 84.4 Å². The first-order valence-electron chi connectivity index (χ1n) is 15.3. The van der Waals surface area contributed by atoms with Crippen LogP contribution in [0.25, 0.3) is 0 Å². The predicted molar refractivity (Wildman–Crippen MR) is 189 cm³/mol. The van der Waals surface area contributed by atoms with Crippen LogP contribution >= 0.6 is 35.1 Å². The fourth-order valence-corrected chi connectivity index (χ4v) is 7.73. The van der Waals surface area contributed by atoms with Crippen LogP contribution in [0, 0.1) is 5.92 Å². The van der Waals surface area contributed by atoms with Gasteiger partial charge in [0.15, 0.2) is 5.79 Å². The second-order valence-electron chi connectivity index (χ2n) is 11.3. The molecule has 0 amide bonds. The van der Waals surface area contributed by atoms with Crippen LogP contribution in [0.3, 0.4) is 0 Å².